The lowest BCUT2D eigenvalue weighted by molar-refractivity contribution is -0.141. The summed E-state index contributed by atoms with van der Waals surface area (Å²) in [6, 6.07) is 8.54. The van der Waals surface area contributed by atoms with Crippen LogP contribution in [0.25, 0.3) is 0 Å². The summed E-state index contributed by atoms with van der Waals surface area (Å²) in [6.07, 6.45) is 3.79. The Morgan fingerprint density at radius 2 is 1.84 bits per heavy atom. The first kappa shape index (κ1) is 22.2. The maximum absolute atomic E-state index is 12.7. The zero-order valence-electron chi connectivity index (χ0n) is 18.7. The summed E-state index contributed by atoms with van der Waals surface area (Å²) in [7, 11) is 0. The molecule has 1 N–H and O–H groups in total. The zero-order valence-corrected chi connectivity index (χ0v) is 18.7. The van der Waals surface area contributed by atoms with Crippen LogP contribution in [0.1, 0.15) is 43.4 Å². The highest BCUT2D eigenvalue weighted by atomic mass is 16.5. The van der Waals surface area contributed by atoms with Crippen molar-refractivity contribution in [2.24, 2.45) is 0 Å². The Balaban J connectivity index is 1.18. The van der Waals surface area contributed by atoms with Gasteiger partial charge in [0.15, 0.2) is 0 Å². The lowest BCUT2D eigenvalue weighted by Crippen LogP contribution is -2.56. The topological polar surface area (TPSA) is 65.1 Å². The van der Waals surface area contributed by atoms with Gasteiger partial charge >= 0.3 is 0 Å². The van der Waals surface area contributed by atoms with Crippen LogP contribution in [0.5, 0.6) is 0 Å². The van der Waals surface area contributed by atoms with Crippen molar-refractivity contribution >= 4 is 11.8 Å². The van der Waals surface area contributed by atoms with Crippen LogP contribution in [0.2, 0.25) is 0 Å². The zero-order chi connectivity index (χ0) is 21.6. The first-order chi connectivity index (χ1) is 15.1. The number of hydrogen-bond donors (Lipinski definition) is 1. The summed E-state index contributed by atoms with van der Waals surface area (Å²) in [4.78, 5) is 31.9. The van der Waals surface area contributed by atoms with Crippen molar-refractivity contribution in [2.75, 3.05) is 59.0 Å². The van der Waals surface area contributed by atoms with Gasteiger partial charge in [0.2, 0.25) is 11.8 Å². The van der Waals surface area contributed by atoms with Crippen LogP contribution in [0.15, 0.2) is 24.3 Å². The third kappa shape index (κ3) is 5.64. The van der Waals surface area contributed by atoms with Crippen molar-refractivity contribution in [3.8, 4) is 0 Å². The van der Waals surface area contributed by atoms with E-state index >= 15 is 0 Å². The Bertz CT molecular complexity index is 757. The highest BCUT2D eigenvalue weighted by Crippen LogP contribution is 2.29. The van der Waals surface area contributed by atoms with Gasteiger partial charge in [0.1, 0.15) is 0 Å². The molecule has 2 fully saturated rings. The minimum absolute atomic E-state index is 0.0880. The van der Waals surface area contributed by atoms with Crippen molar-refractivity contribution in [1.82, 2.24) is 20.0 Å². The van der Waals surface area contributed by atoms with Crippen LogP contribution in [0.3, 0.4) is 0 Å². The molecule has 1 aliphatic carbocycles. The van der Waals surface area contributed by atoms with E-state index in [2.05, 4.69) is 39.4 Å². The van der Waals surface area contributed by atoms with Gasteiger partial charge < -0.3 is 19.9 Å². The minimum atomic E-state index is -0.0880. The van der Waals surface area contributed by atoms with Gasteiger partial charge in [-0.1, -0.05) is 24.3 Å². The Kier molecular flexibility index (Phi) is 7.58. The predicted octanol–water partition coefficient (Wildman–Crippen LogP) is 1.44. The molecule has 1 aromatic carbocycles. The molecule has 2 atom stereocenters. The molecule has 7 heteroatoms. The first-order valence-corrected chi connectivity index (χ1v) is 11.8. The monoisotopic (exact) mass is 428 g/mol. The molecule has 2 unspecified atom stereocenters. The van der Waals surface area contributed by atoms with Crippen molar-refractivity contribution in [1.29, 1.82) is 0 Å². The van der Waals surface area contributed by atoms with Crippen LogP contribution in [-0.2, 0) is 20.7 Å². The molecule has 7 nitrogen and oxygen atoms in total. The number of hydrogen-bond acceptors (Lipinski definition) is 5. The highest BCUT2D eigenvalue weighted by molar-refractivity contribution is 5.81. The quantitative estimate of drug-likeness (QED) is 0.743. The van der Waals surface area contributed by atoms with Crippen molar-refractivity contribution < 1.29 is 14.3 Å². The molecule has 0 spiro atoms. The summed E-state index contributed by atoms with van der Waals surface area (Å²) < 4.78 is 5.35. The van der Waals surface area contributed by atoms with E-state index in [1.165, 1.54) is 11.1 Å². The number of aryl methyl sites for hydroxylation is 1. The molecule has 4 rings (SSSR count). The molecular weight excluding hydrogens is 392 g/mol. The molecule has 0 saturated carbocycles. The smallest absolute Gasteiger partial charge is 0.239 e. The third-order valence-electron chi connectivity index (χ3n) is 6.99. The third-order valence-corrected chi connectivity index (χ3v) is 6.99. The number of piperazine rings is 1. The van der Waals surface area contributed by atoms with Gasteiger partial charge in [0.25, 0.3) is 0 Å². The highest BCUT2D eigenvalue weighted by Gasteiger charge is 2.29. The van der Waals surface area contributed by atoms with Crippen LogP contribution in [0.4, 0.5) is 0 Å². The lowest BCUT2D eigenvalue weighted by Gasteiger charge is -2.39. The fourth-order valence-corrected chi connectivity index (χ4v) is 5.01. The average molecular weight is 429 g/mol. The number of rotatable bonds is 6. The molecular formula is C24H36N4O3. The summed E-state index contributed by atoms with van der Waals surface area (Å²) in [6.45, 7) is 9.02. The number of amides is 2. The number of morpholine rings is 1. The van der Waals surface area contributed by atoms with Crippen molar-refractivity contribution in [2.45, 2.75) is 44.7 Å². The van der Waals surface area contributed by atoms with E-state index in [9.17, 15) is 9.59 Å². The number of nitrogens with one attached hydrogen (secondary N) is 1. The Morgan fingerprint density at radius 1 is 1.10 bits per heavy atom. The molecule has 2 amide bonds. The second-order valence-electron chi connectivity index (χ2n) is 8.95. The molecule has 170 valence electrons. The molecule has 31 heavy (non-hydrogen) atoms. The van der Waals surface area contributed by atoms with Gasteiger partial charge in [-0.2, -0.15) is 0 Å². The van der Waals surface area contributed by atoms with E-state index in [1.54, 1.807) is 0 Å². The van der Waals surface area contributed by atoms with Crippen LogP contribution < -0.4 is 5.32 Å². The number of carbonyl (C=O) groups is 2. The van der Waals surface area contributed by atoms with Gasteiger partial charge in [0.05, 0.1) is 25.3 Å². The molecule has 0 aromatic heterocycles. The van der Waals surface area contributed by atoms with E-state index in [1.807, 2.05) is 11.8 Å². The average Bonchev–Trinajstić information content (AvgIpc) is 2.83. The first-order valence-electron chi connectivity index (χ1n) is 11.8. The number of ether oxygens (including phenoxy) is 1. The van der Waals surface area contributed by atoms with Crippen LogP contribution in [0, 0.1) is 0 Å². The molecule has 0 bridgehead atoms. The summed E-state index contributed by atoms with van der Waals surface area (Å²) in [5.41, 5.74) is 2.66. The summed E-state index contributed by atoms with van der Waals surface area (Å²) in [5, 5.41) is 3.26. The SMILES string of the molecule is CC(C(=O)N1CCOCC1)N1CCN(CCC(=O)NC2CCCc3ccccc32)CC1. The van der Waals surface area contributed by atoms with Gasteiger partial charge in [-0.25, -0.2) is 0 Å². The van der Waals surface area contributed by atoms with Crippen molar-refractivity contribution in [3.63, 3.8) is 0 Å². The molecule has 2 heterocycles. The van der Waals surface area contributed by atoms with Gasteiger partial charge in [-0.15, -0.1) is 0 Å². The van der Waals surface area contributed by atoms with Crippen LogP contribution >= 0.6 is 0 Å². The maximum atomic E-state index is 12.7. The second kappa shape index (κ2) is 10.6. The number of carbonyl (C=O) groups excluding carboxylic acids is 2. The molecule has 0 radical (unpaired) electrons. The maximum Gasteiger partial charge on any atom is 0.239 e. The van der Waals surface area contributed by atoms with Gasteiger partial charge in [-0.05, 0) is 37.3 Å². The Morgan fingerprint density at radius 3 is 2.61 bits per heavy atom. The standard InChI is InChI=1S/C24H36N4O3/c1-19(24(30)28-15-17-31-18-16-28)27-13-11-26(12-14-27)10-9-23(29)25-22-8-4-6-20-5-2-3-7-21(20)22/h2-3,5,7,19,22H,4,6,8-18H2,1H3,(H,25,29). The second-order valence-corrected chi connectivity index (χ2v) is 8.95. The number of fused-ring (bicyclic) bond motifs is 1. The van der Waals surface area contributed by atoms with E-state index in [0.29, 0.717) is 32.7 Å². The lowest BCUT2D eigenvalue weighted by atomic mass is 9.87. The molecule has 1 aromatic rings. The fourth-order valence-electron chi connectivity index (χ4n) is 5.01. The minimum Gasteiger partial charge on any atom is -0.378 e. The normalized spacial score (nSPS) is 23.8. The van der Waals surface area contributed by atoms with Gasteiger partial charge in [-0.3, -0.25) is 14.5 Å². The summed E-state index contributed by atoms with van der Waals surface area (Å²) in [5.74, 6) is 0.351. The molecule has 3 aliphatic rings. The van der Waals surface area contributed by atoms with Gasteiger partial charge in [0, 0.05) is 52.2 Å². The predicted molar refractivity (Wildman–Crippen MR) is 120 cm³/mol. The summed E-state index contributed by atoms with van der Waals surface area (Å²) >= 11 is 0. The van der Waals surface area contributed by atoms with Crippen molar-refractivity contribution in [3.05, 3.63) is 35.4 Å². The van der Waals surface area contributed by atoms with E-state index in [4.69, 9.17) is 4.74 Å². The largest absolute Gasteiger partial charge is 0.378 e. The fraction of sp³-hybridized carbons (Fsp3) is 0.667. The van der Waals surface area contributed by atoms with Crippen LogP contribution in [-0.4, -0.2) is 91.6 Å². The molecule has 2 aliphatic heterocycles. The van der Waals surface area contributed by atoms with E-state index < -0.39 is 0 Å². The van der Waals surface area contributed by atoms with E-state index in [0.717, 1.165) is 52.0 Å². The Labute approximate surface area is 185 Å². The number of nitrogens with zero attached hydrogens (tertiary/aromatic N) is 3. The number of benzene rings is 1. The Hall–Kier alpha value is -1.96. The molecule has 2 saturated heterocycles. The van der Waals surface area contributed by atoms with E-state index in [-0.39, 0.29) is 23.9 Å².